The number of carboxylic acids is 1. The predicted octanol–water partition coefficient (Wildman–Crippen LogP) is -2.34. The van der Waals surface area contributed by atoms with Crippen molar-refractivity contribution in [2.24, 2.45) is 0 Å². The van der Waals surface area contributed by atoms with Gasteiger partial charge in [-0.15, -0.1) is 0 Å². The standard InChI is InChI=1S/C3H4O3.Fe.H2O3S/c1-2(4)3(5)6;;1-4(2)3/h1H3,(H,5,6);;(H2,1,2,3)/q;+2;/p-2. The van der Waals surface area contributed by atoms with Gasteiger partial charge in [0.2, 0.25) is 0 Å². The Morgan fingerprint density at radius 1 is 1.45 bits per heavy atom. The van der Waals surface area contributed by atoms with Crippen molar-refractivity contribution in [2.45, 2.75) is 6.92 Å². The fourth-order valence-electron chi connectivity index (χ4n) is 0. The molecule has 6 nitrogen and oxygen atoms in total. The SMILES string of the molecule is CC(=O)C(=O)[O-].O=S([O-])O.[Fe+2]. The van der Waals surface area contributed by atoms with Crippen molar-refractivity contribution < 1.29 is 45.1 Å². The van der Waals surface area contributed by atoms with Gasteiger partial charge in [-0.2, -0.15) is 0 Å². The normalized spacial score (nSPS) is 9.73. The molecule has 0 aliphatic heterocycles. The number of ketones is 1. The third-order valence-corrected chi connectivity index (χ3v) is 0.287. The second kappa shape index (κ2) is 9.73. The number of carbonyl (C=O) groups excluding carboxylic acids is 2. The van der Waals surface area contributed by atoms with Crippen LogP contribution < -0.4 is 5.11 Å². The van der Waals surface area contributed by atoms with Gasteiger partial charge in [0.25, 0.3) is 0 Å². The van der Waals surface area contributed by atoms with E-state index in [-0.39, 0.29) is 17.1 Å². The van der Waals surface area contributed by atoms with E-state index in [2.05, 4.69) is 0 Å². The van der Waals surface area contributed by atoms with Crippen LogP contribution in [0, 0.1) is 0 Å². The summed E-state index contributed by atoms with van der Waals surface area (Å²) in [7, 11) is 0. The summed E-state index contributed by atoms with van der Waals surface area (Å²) in [6, 6.07) is 0. The van der Waals surface area contributed by atoms with Gasteiger partial charge in [-0.05, 0) is 0 Å². The molecule has 0 radical (unpaired) electrons. The van der Waals surface area contributed by atoms with Crippen LogP contribution in [0.3, 0.4) is 0 Å². The predicted molar refractivity (Wildman–Crippen MR) is 27.2 cm³/mol. The van der Waals surface area contributed by atoms with Crippen LogP contribution >= 0.6 is 0 Å². The molecule has 0 aliphatic rings. The molecule has 0 aromatic rings. The van der Waals surface area contributed by atoms with Gasteiger partial charge >= 0.3 is 17.1 Å². The third-order valence-electron chi connectivity index (χ3n) is 0.287. The Bertz CT molecular complexity index is 140. The minimum atomic E-state index is -2.86. The van der Waals surface area contributed by atoms with Crippen LogP contribution in [-0.2, 0) is 38.0 Å². The molecular formula is C3H4FeO6S. The molecule has 0 aromatic heterocycles. The molecule has 0 amide bonds. The van der Waals surface area contributed by atoms with Gasteiger partial charge in [0, 0.05) is 6.92 Å². The zero-order valence-electron chi connectivity index (χ0n) is 5.25. The van der Waals surface area contributed by atoms with Crippen LogP contribution in [0.4, 0.5) is 0 Å². The summed E-state index contributed by atoms with van der Waals surface area (Å²) in [6.07, 6.45) is 0. The molecule has 0 rings (SSSR count). The Hall–Kier alpha value is -0.271. The van der Waals surface area contributed by atoms with E-state index in [4.69, 9.17) is 13.3 Å². The van der Waals surface area contributed by atoms with Crippen LogP contribution in [0.15, 0.2) is 0 Å². The van der Waals surface area contributed by atoms with Crippen molar-refractivity contribution in [1.29, 1.82) is 0 Å². The number of hydrogen-bond acceptors (Lipinski definition) is 5. The number of aliphatic carboxylic acids is 1. The first-order valence-corrected chi connectivity index (χ1v) is 2.91. The van der Waals surface area contributed by atoms with Crippen LogP contribution in [0.2, 0.25) is 0 Å². The molecule has 0 saturated carbocycles. The van der Waals surface area contributed by atoms with E-state index < -0.39 is 23.1 Å². The quantitative estimate of drug-likeness (QED) is 0.303. The van der Waals surface area contributed by atoms with Crippen molar-refractivity contribution >= 4 is 23.1 Å². The number of carboxylic acid groups (broad SMARTS) is 1. The summed E-state index contributed by atoms with van der Waals surface area (Å²) >= 11 is -2.86. The average molecular weight is 224 g/mol. The van der Waals surface area contributed by atoms with E-state index in [0.717, 1.165) is 6.92 Å². The molecule has 1 unspecified atom stereocenters. The van der Waals surface area contributed by atoms with Crippen molar-refractivity contribution in [3.8, 4) is 0 Å². The van der Waals surface area contributed by atoms with E-state index >= 15 is 0 Å². The van der Waals surface area contributed by atoms with E-state index in [1.807, 2.05) is 0 Å². The maximum absolute atomic E-state index is 9.48. The van der Waals surface area contributed by atoms with Crippen LogP contribution in [0.1, 0.15) is 6.92 Å². The summed E-state index contributed by atoms with van der Waals surface area (Å²) in [5.74, 6) is -2.56. The molecule has 8 heteroatoms. The Morgan fingerprint density at radius 2 is 1.55 bits per heavy atom. The maximum atomic E-state index is 9.48. The van der Waals surface area contributed by atoms with E-state index in [1.165, 1.54) is 0 Å². The molecule has 0 fully saturated rings. The van der Waals surface area contributed by atoms with Gasteiger partial charge in [0.1, 0.15) is 5.97 Å². The van der Waals surface area contributed by atoms with Crippen LogP contribution in [-0.4, -0.2) is 25.1 Å². The molecular weight excluding hydrogens is 220 g/mol. The average Bonchev–Trinajstić information content (AvgIpc) is 1.63. The Labute approximate surface area is 75.6 Å². The summed E-state index contributed by atoms with van der Waals surface area (Å²) in [5.41, 5.74) is 0. The second-order valence-electron chi connectivity index (χ2n) is 1.06. The first-order valence-electron chi connectivity index (χ1n) is 1.88. The second-order valence-corrected chi connectivity index (χ2v) is 1.49. The summed E-state index contributed by atoms with van der Waals surface area (Å²) < 4.78 is 24.1. The minimum absolute atomic E-state index is 0. The van der Waals surface area contributed by atoms with E-state index in [9.17, 15) is 14.7 Å². The summed E-state index contributed by atoms with van der Waals surface area (Å²) in [4.78, 5) is 18.7. The first-order chi connectivity index (χ1) is 4.37. The van der Waals surface area contributed by atoms with Crippen molar-refractivity contribution in [2.75, 3.05) is 0 Å². The van der Waals surface area contributed by atoms with Gasteiger partial charge in [0.15, 0.2) is 5.78 Å². The molecule has 0 aliphatic carbocycles. The van der Waals surface area contributed by atoms with Gasteiger partial charge in [0.05, 0.1) is 11.4 Å². The number of carbonyl (C=O) groups is 2. The number of rotatable bonds is 1. The van der Waals surface area contributed by atoms with Gasteiger partial charge in [-0.3, -0.25) is 4.79 Å². The van der Waals surface area contributed by atoms with Crippen molar-refractivity contribution in [3.63, 3.8) is 0 Å². The molecule has 0 aromatic carbocycles. The number of hydrogen-bond donors (Lipinski definition) is 1. The largest absolute Gasteiger partial charge is 2.00 e. The van der Waals surface area contributed by atoms with Crippen LogP contribution in [0.5, 0.6) is 0 Å². The minimum Gasteiger partial charge on any atom is -0.750 e. The van der Waals surface area contributed by atoms with Crippen LogP contribution in [0.25, 0.3) is 0 Å². The van der Waals surface area contributed by atoms with Gasteiger partial charge in [-0.1, -0.05) is 0 Å². The number of Topliss-reactive ketones (excluding diaryl/α,β-unsaturated/α-hetero) is 1. The topological polar surface area (TPSA) is 118 Å². The fourth-order valence-corrected chi connectivity index (χ4v) is 0. The monoisotopic (exact) mass is 224 g/mol. The molecule has 1 atom stereocenters. The fraction of sp³-hybridized carbons (Fsp3) is 0.333. The van der Waals surface area contributed by atoms with E-state index in [0.29, 0.717) is 0 Å². The van der Waals surface area contributed by atoms with E-state index in [1.54, 1.807) is 0 Å². The maximum Gasteiger partial charge on any atom is 2.00 e. The summed E-state index contributed by atoms with van der Waals surface area (Å²) in [5, 5.41) is 9.24. The smallest absolute Gasteiger partial charge is 0.750 e. The Balaban J connectivity index is -0.000000114. The summed E-state index contributed by atoms with van der Waals surface area (Å²) in [6.45, 7) is 0.940. The molecule has 1 N–H and O–H groups in total. The molecule has 0 heterocycles. The molecule has 0 saturated heterocycles. The molecule has 66 valence electrons. The molecule has 11 heavy (non-hydrogen) atoms. The molecule has 0 bridgehead atoms. The Kier molecular flexibility index (Phi) is 15.0. The first kappa shape index (κ1) is 17.0. The third kappa shape index (κ3) is 41.8. The van der Waals surface area contributed by atoms with Gasteiger partial charge < -0.3 is 19.0 Å². The van der Waals surface area contributed by atoms with Gasteiger partial charge in [-0.25, -0.2) is 4.21 Å². The zero-order valence-corrected chi connectivity index (χ0v) is 7.17. The zero-order chi connectivity index (χ0) is 8.73. The Morgan fingerprint density at radius 3 is 1.55 bits per heavy atom. The van der Waals surface area contributed by atoms with Crippen molar-refractivity contribution in [3.05, 3.63) is 0 Å². The molecule has 0 spiro atoms. The van der Waals surface area contributed by atoms with Crippen molar-refractivity contribution in [1.82, 2.24) is 0 Å².